The van der Waals surface area contributed by atoms with Crippen LogP contribution in [0.1, 0.15) is 57.4 Å². The number of rotatable bonds is 3. The van der Waals surface area contributed by atoms with Gasteiger partial charge in [-0.25, -0.2) is 0 Å². The number of aromatic nitrogens is 1. The molecule has 1 saturated carbocycles. The Hall–Kier alpha value is -1.38. The molecule has 1 aliphatic carbocycles. The summed E-state index contributed by atoms with van der Waals surface area (Å²) in [4.78, 5) is 16.3. The van der Waals surface area contributed by atoms with Crippen LogP contribution in [0.15, 0.2) is 18.5 Å². The van der Waals surface area contributed by atoms with Crippen molar-refractivity contribution in [3.8, 4) is 5.75 Å². The summed E-state index contributed by atoms with van der Waals surface area (Å²) in [5, 5.41) is 0. The smallest absolute Gasteiger partial charge is 0.140 e. The van der Waals surface area contributed by atoms with Gasteiger partial charge < -0.3 is 4.74 Å². The highest BCUT2D eigenvalue weighted by atomic mass is 16.5. The van der Waals surface area contributed by atoms with E-state index in [0.29, 0.717) is 12.2 Å². The molecule has 0 aromatic carbocycles. The summed E-state index contributed by atoms with van der Waals surface area (Å²) in [5.41, 5.74) is 1.01. The van der Waals surface area contributed by atoms with Gasteiger partial charge in [-0.3, -0.25) is 9.78 Å². The van der Waals surface area contributed by atoms with Crippen LogP contribution in [0.25, 0.3) is 0 Å². The maximum atomic E-state index is 12.1. The van der Waals surface area contributed by atoms with E-state index in [4.69, 9.17) is 4.74 Å². The number of carbonyl (C=O) groups excluding carboxylic acids is 1. The van der Waals surface area contributed by atoms with Crippen LogP contribution in [-0.4, -0.2) is 16.9 Å². The highest BCUT2D eigenvalue weighted by Crippen LogP contribution is 2.30. The molecular weight excluding hydrogens is 226 g/mol. The third kappa shape index (κ3) is 3.31. The Labute approximate surface area is 109 Å². The van der Waals surface area contributed by atoms with Crippen molar-refractivity contribution in [1.29, 1.82) is 0 Å². The van der Waals surface area contributed by atoms with Gasteiger partial charge >= 0.3 is 0 Å². The van der Waals surface area contributed by atoms with Crippen LogP contribution in [0.4, 0.5) is 0 Å². The topological polar surface area (TPSA) is 39.2 Å². The average molecular weight is 247 g/mol. The van der Waals surface area contributed by atoms with Crippen molar-refractivity contribution >= 4 is 5.78 Å². The predicted molar refractivity (Wildman–Crippen MR) is 70.8 cm³/mol. The number of carbonyl (C=O) groups is 1. The summed E-state index contributed by atoms with van der Waals surface area (Å²) < 4.78 is 5.64. The fraction of sp³-hybridized carbons (Fsp3) is 0.600. The number of nitrogens with zero attached hydrogens (tertiary/aromatic N) is 1. The number of Topliss-reactive ketones (excluding diaryl/α,β-unsaturated/α-hetero) is 1. The molecule has 0 bridgehead atoms. The van der Waals surface area contributed by atoms with Crippen molar-refractivity contribution in [2.75, 3.05) is 0 Å². The molecular formula is C15H21NO2. The number of ether oxygens (including phenoxy) is 1. The maximum absolute atomic E-state index is 12.1. The van der Waals surface area contributed by atoms with Crippen molar-refractivity contribution in [3.05, 3.63) is 24.0 Å². The molecule has 3 nitrogen and oxygen atoms in total. The molecule has 1 aromatic heterocycles. The highest BCUT2D eigenvalue weighted by molar-refractivity contribution is 5.85. The van der Waals surface area contributed by atoms with Crippen LogP contribution in [-0.2, 0) is 4.79 Å². The summed E-state index contributed by atoms with van der Waals surface area (Å²) in [5.74, 6) is 1.14. The van der Waals surface area contributed by atoms with Crippen molar-refractivity contribution in [2.45, 2.75) is 58.0 Å². The SMILES string of the molecule is CC(C)Oc1cncc(C2CCCCCC2=O)c1. The average Bonchev–Trinajstić information content (AvgIpc) is 2.53. The summed E-state index contributed by atoms with van der Waals surface area (Å²) in [6.07, 6.45) is 8.64. The number of ketones is 1. The minimum atomic E-state index is 0.0238. The van der Waals surface area contributed by atoms with Gasteiger partial charge in [0.05, 0.1) is 12.3 Å². The lowest BCUT2D eigenvalue weighted by Crippen LogP contribution is -2.12. The van der Waals surface area contributed by atoms with Gasteiger partial charge in [0.1, 0.15) is 11.5 Å². The Morgan fingerprint density at radius 1 is 1.28 bits per heavy atom. The highest BCUT2D eigenvalue weighted by Gasteiger charge is 2.23. The van der Waals surface area contributed by atoms with Crippen LogP contribution in [0, 0.1) is 0 Å². The summed E-state index contributed by atoms with van der Waals surface area (Å²) >= 11 is 0. The van der Waals surface area contributed by atoms with Gasteiger partial charge in [-0.15, -0.1) is 0 Å². The summed E-state index contributed by atoms with van der Waals surface area (Å²) in [7, 11) is 0. The third-order valence-corrected chi connectivity index (χ3v) is 3.31. The second-order valence-corrected chi connectivity index (χ2v) is 5.24. The minimum absolute atomic E-state index is 0.0238. The first-order valence-electron chi connectivity index (χ1n) is 6.81. The quantitative estimate of drug-likeness (QED) is 0.767. The minimum Gasteiger partial charge on any atom is -0.489 e. The Balaban J connectivity index is 2.18. The van der Waals surface area contributed by atoms with Gasteiger partial charge in [-0.05, 0) is 38.3 Å². The zero-order valence-electron chi connectivity index (χ0n) is 11.2. The van der Waals surface area contributed by atoms with E-state index in [-0.39, 0.29) is 12.0 Å². The lowest BCUT2D eigenvalue weighted by molar-refractivity contribution is -0.120. The molecule has 0 N–H and O–H groups in total. The first kappa shape index (κ1) is 13.1. The Morgan fingerprint density at radius 3 is 2.89 bits per heavy atom. The van der Waals surface area contributed by atoms with E-state index >= 15 is 0 Å². The predicted octanol–water partition coefficient (Wildman–Crippen LogP) is 3.49. The summed E-state index contributed by atoms with van der Waals surface area (Å²) in [6, 6.07) is 1.97. The van der Waals surface area contributed by atoms with Crippen LogP contribution in [0.5, 0.6) is 5.75 Å². The lowest BCUT2D eigenvalue weighted by Gasteiger charge is -2.15. The monoisotopic (exact) mass is 247 g/mol. The van der Waals surface area contributed by atoms with Gasteiger partial charge in [-0.1, -0.05) is 12.8 Å². The molecule has 1 aromatic rings. The van der Waals surface area contributed by atoms with Gasteiger partial charge in [0.2, 0.25) is 0 Å². The Bertz CT molecular complexity index is 415. The maximum Gasteiger partial charge on any atom is 0.140 e. The van der Waals surface area contributed by atoms with Gasteiger partial charge in [-0.2, -0.15) is 0 Å². The molecule has 1 unspecified atom stereocenters. The fourth-order valence-electron chi connectivity index (χ4n) is 2.48. The van der Waals surface area contributed by atoms with E-state index in [9.17, 15) is 4.79 Å². The van der Waals surface area contributed by atoms with E-state index in [0.717, 1.165) is 37.0 Å². The molecule has 0 radical (unpaired) electrons. The van der Waals surface area contributed by atoms with Crippen molar-refractivity contribution in [2.24, 2.45) is 0 Å². The van der Waals surface area contributed by atoms with E-state index in [2.05, 4.69) is 4.98 Å². The second-order valence-electron chi connectivity index (χ2n) is 5.24. The van der Waals surface area contributed by atoms with Gasteiger partial charge in [0.15, 0.2) is 0 Å². The molecule has 2 rings (SSSR count). The molecule has 0 spiro atoms. The standard InChI is InChI=1S/C15H21NO2/c1-11(2)18-13-8-12(9-16-10-13)14-6-4-3-5-7-15(14)17/h8-11,14H,3-7H2,1-2H3. The molecule has 98 valence electrons. The van der Waals surface area contributed by atoms with Crippen molar-refractivity contribution in [3.63, 3.8) is 0 Å². The van der Waals surface area contributed by atoms with E-state index < -0.39 is 0 Å². The zero-order valence-corrected chi connectivity index (χ0v) is 11.2. The molecule has 1 aliphatic rings. The first-order chi connectivity index (χ1) is 8.66. The number of pyridine rings is 1. The van der Waals surface area contributed by atoms with Crippen molar-refractivity contribution < 1.29 is 9.53 Å². The third-order valence-electron chi connectivity index (χ3n) is 3.31. The van der Waals surface area contributed by atoms with Crippen molar-refractivity contribution in [1.82, 2.24) is 4.98 Å². The van der Waals surface area contributed by atoms with Crippen LogP contribution in [0.2, 0.25) is 0 Å². The molecule has 0 aliphatic heterocycles. The molecule has 18 heavy (non-hydrogen) atoms. The first-order valence-corrected chi connectivity index (χ1v) is 6.81. The van der Waals surface area contributed by atoms with E-state index in [1.165, 1.54) is 0 Å². The van der Waals surface area contributed by atoms with E-state index in [1.54, 1.807) is 12.4 Å². The molecule has 0 amide bonds. The molecule has 0 saturated heterocycles. The van der Waals surface area contributed by atoms with Crippen LogP contribution < -0.4 is 4.74 Å². The number of hydrogen-bond donors (Lipinski definition) is 0. The molecule has 1 fully saturated rings. The lowest BCUT2D eigenvalue weighted by atomic mass is 9.92. The number of hydrogen-bond acceptors (Lipinski definition) is 3. The zero-order chi connectivity index (χ0) is 13.0. The largest absolute Gasteiger partial charge is 0.489 e. The molecule has 1 atom stereocenters. The normalized spacial score (nSPS) is 20.8. The fourth-order valence-corrected chi connectivity index (χ4v) is 2.48. The molecule has 1 heterocycles. The van der Waals surface area contributed by atoms with E-state index in [1.807, 2.05) is 19.9 Å². The van der Waals surface area contributed by atoms with Crippen LogP contribution >= 0.6 is 0 Å². The Kier molecular flexibility index (Phi) is 4.34. The van der Waals surface area contributed by atoms with Crippen LogP contribution in [0.3, 0.4) is 0 Å². The summed E-state index contributed by atoms with van der Waals surface area (Å²) in [6.45, 7) is 3.98. The van der Waals surface area contributed by atoms with Gasteiger partial charge in [0.25, 0.3) is 0 Å². The Morgan fingerprint density at radius 2 is 2.11 bits per heavy atom. The molecule has 3 heteroatoms. The van der Waals surface area contributed by atoms with Gasteiger partial charge in [0, 0.05) is 18.5 Å². The second kappa shape index (κ2) is 5.98.